The Morgan fingerprint density at radius 2 is 1.45 bits per heavy atom. The Balaban J connectivity index is 0.000000369. The molecule has 0 saturated carbocycles. The van der Waals surface area contributed by atoms with Gasteiger partial charge in [0.2, 0.25) is 6.29 Å². The summed E-state index contributed by atoms with van der Waals surface area (Å²) >= 11 is 0. The second-order valence-electron chi connectivity index (χ2n) is 10.2. The van der Waals surface area contributed by atoms with Gasteiger partial charge in [-0.1, -0.05) is 19.1 Å². The number of hydrogen-bond donors (Lipinski definition) is 8. The lowest BCUT2D eigenvalue weighted by atomic mass is 9.94. The zero-order valence-corrected chi connectivity index (χ0v) is 23.7. The van der Waals surface area contributed by atoms with Crippen molar-refractivity contribution in [2.45, 2.75) is 56.3 Å². The molecule has 6 unspecified atom stereocenters. The third-order valence-electron chi connectivity index (χ3n) is 7.16. The van der Waals surface area contributed by atoms with Crippen LogP contribution in [0.5, 0.6) is 5.75 Å². The number of rotatable bonds is 7. The minimum Gasteiger partial charge on any atom is -0.462 e. The maximum Gasteiger partial charge on any atom is 0.251 e. The molecule has 232 valence electrons. The first-order valence-corrected chi connectivity index (χ1v) is 13.6. The molecule has 0 spiro atoms. The van der Waals surface area contributed by atoms with Crippen LogP contribution in [0.25, 0.3) is 11.1 Å². The van der Waals surface area contributed by atoms with Crippen molar-refractivity contribution >= 4 is 11.8 Å². The van der Waals surface area contributed by atoms with Gasteiger partial charge < -0.3 is 55.5 Å². The molecule has 0 radical (unpaired) electrons. The summed E-state index contributed by atoms with van der Waals surface area (Å²) in [7, 11) is 3.06. The SMILES string of the molecule is CNC(=O)c1cc(C(=O)NC)cc(-c2ccc(O[C@H]3OC(CO)CC(C)C3O)cc2)c1.OCC1OCC(O)C(O)[C@@H]1O. The van der Waals surface area contributed by atoms with Gasteiger partial charge in [-0.3, -0.25) is 9.59 Å². The minimum atomic E-state index is -1.22. The zero-order chi connectivity index (χ0) is 31.0. The van der Waals surface area contributed by atoms with E-state index in [4.69, 9.17) is 34.6 Å². The number of benzene rings is 2. The average molecular weight is 593 g/mol. The highest BCUT2D eigenvalue weighted by Gasteiger charge is 2.37. The largest absolute Gasteiger partial charge is 0.462 e. The van der Waals surface area contributed by atoms with E-state index in [1.54, 1.807) is 42.5 Å². The molecule has 8 N–H and O–H groups in total. The van der Waals surface area contributed by atoms with E-state index in [1.165, 1.54) is 14.1 Å². The monoisotopic (exact) mass is 592 g/mol. The van der Waals surface area contributed by atoms with E-state index in [1.807, 2.05) is 6.92 Å². The van der Waals surface area contributed by atoms with Gasteiger partial charge in [0.1, 0.15) is 36.3 Å². The van der Waals surface area contributed by atoms with Crippen LogP contribution in [0.4, 0.5) is 0 Å². The Hall–Kier alpha value is -3.14. The summed E-state index contributed by atoms with van der Waals surface area (Å²) in [6, 6.07) is 12.0. The number of aliphatic hydroxyl groups excluding tert-OH is 6. The van der Waals surface area contributed by atoms with Crippen LogP contribution in [0.15, 0.2) is 42.5 Å². The Kier molecular flexibility index (Phi) is 12.2. The van der Waals surface area contributed by atoms with Gasteiger partial charge >= 0.3 is 0 Å². The molecule has 42 heavy (non-hydrogen) atoms. The van der Waals surface area contributed by atoms with Gasteiger partial charge in [0.15, 0.2) is 0 Å². The molecule has 2 aromatic carbocycles. The lowest BCUT2D eigenvalue weighted by Crippen LogP contribution is -2.53. The Morgan fingerprint density at radius 3 is 1.98 bits per heavy atom. The number of hydrogen-bond acceptors (Lipinski definition) is 11. The summed E-state index contributed by atoms with van der Waals surface area (Å²) in [5.74, 6) is -0.149. The molecule has 8 atom stereocenters. The van der Waals surface area contributed by atoms with Crippen LogP contribution in [-0.4, -0.2) is 119 Å². The molecular formula is C29H40N2O11. The van der Waals surface area contributed by atoms with Crippen LogP contribution in [0, 0.1) is 5.92 Å². The van der Waals surface area contributed by atoms with Crippen LogP contribution in [0.2, 0.25) is 0 Å². The smallest absolute Gasteiger partial charge is 0.251 e. The lowest BCUT2D eigenvalue weighted by Gasteiger charge is -2.37. The van der Waals surface area contributed by atoms with E-state index in [2.05, 4.69) is 10.6 Å². The molecule has 0 bridgehead atoms. The summed E-state index contributed by atoms with van der Waals surface area (Å²) in [5, 5.41) is 60.6. The van der Waals surface area contributed by atoms with Gasteiger partial charge in [-0.2, -0.15) is 0 Å². The third kappa shape index (κ3) is 8.24. The highest BCUT2D eigenvalue weighted by atomic mass is 16.7. The van der Waals surface area contributed by atoms with E-state index >= 15 is 0 Å². The molecule has 2 aliphatic rings. The fourth-order valence-corrected chi connectivity index (χ4v) is 4.60. The maximum absolute atomic E-state index is 12.1. The quantitative estimate of drug-likeness (QED) is 0.196. The molecule has 2 fully saturated rings. The van der Waals surface area contributed by atoms with Crippen molar-refractivity contribution in [3.8, 4) is 16.9 Å². The molecule has 13 nitrogen and oxygen atoms in total. The summed E-state index contributed by atoms with van der Waals surface area (Å²) in [6.45, 7) is 1.35. The highest BCUT2D eigenvalue weighted by molar-refractivity contribution is 6.01. The first-order valence-electron chi connectivity index (χ1n) is 13.6. The van der Waals surface area contributed by atoms with Crippen molar-refractivity contribution in [2.24, 2.45) is 5.92 Å². The lowest BCUT2D eigenvalue weighted by molar-refractivity contribution is -0.225. The highest BCUT2D eigenvalue weighted by Crippen LogP contribution is 2.29. The van der Waals surface area contributed by atoms with Gasteiger partial charge in [-0.05, 0) is 53.8 Å². The van der Waals surface area contributed by atoms with Gasteiger partial charge in [0.25, 0.3) is 11.8 Å². The summed E-state index contributed by atoms with van der Waals surface area (Å²) < 4.78 is 16.3. The molecule has 2 heterocycles. The van der Waals surface area contributed by atoms with Gasteiger partial charge in [0.05, 0.1) is 25.9 Å². The van der Waals surface area contributed by atoms with Gasteiger partial charge in [-0.25, -0.2) is 0 Å². The molecule has 2 aliphatic heterocycles. The van der Waals surface area contributed by atoms with Crippen molar-refractivity contribution in [1.82, 2.24) is 10.6 Å². The summed E-state index contributed by atoms with van der Waals surface area (Å²) in [6.07, 6.45) is -5.76. The van der Waals surface area contributed by atoms with Crippen molar-refractivity contribution in [3.63, 3.8) is 0 Å². The summed E-state index contributed by atoms with van der Waals surface area (Å²) in [4.78, 5) is 24.3. The van der Waals surface area contributed by atoms with E-state index in [9.17, 15) is 19.8 Å². The topological polar surface area (TPSA) is 207 Å². The average Bonchev–Trinajstić information content (AvgIpc) is 3.01. The van der Waals surface area contributed by atoms with Gasteiger partial charge in [-0.15, -0.1) is 0 Å². The number of nitrogens with one attached hydrogen (secondary N) is 2. The second kappa shape index (κ2) is 15.4. The number of ether oxygens (including phenoxy) is 3. The van der Waals surface area contributed by atoms with Crippen LogP contribution < -0.4 is 15.4 Å². The van der Waals surface area contributed by atoms with Crippen LogP contribution in [-0.2, 0) is 9.47 Å². The van der Waals surface area contributed by atoms with E-state index < -0.39 is 36.8 Å². The first-order chi connectivity index (χ1) is 20.0. The number of carbonyl (C=O) groups is 2. The fourth-order valence-electron chi connectivity index (χ4n) is 4.60. The van der Waals surface area contributed by atoms with Crippen molar-refractivity contribution in [1.29, 1.82) is 0 Å². The number of carbonyl (C=O) groups excluding carboxylic acids is 2. The van der Waals surface area contributed by atoms with Crippen molar-refractivity contribution < 1.29 is 54.4 Å². The van der Waals surface area contributed by atoms with Crippen LogP contribution >= 0.6 is 0 Å². The normalized spacial score (nSPS) is 29.1. The van der Waals surface area contributed by atoms with Crippen LogP contribution in [0.1, 0.15) is 34.1 Å². The number of aliphatic hydroxyl groups is 6. The van der Waals surface area contributed by atoms with Crippen molar-refractivity contribution in [3.05, 3.63) is 53.6 Å². The third-order valence-corrected chi connectivity index (χ3v) is 7.16. The molecule has 2 aromatic rings. The molecule has 13 heteroatoms. The Labute approximate surface area is 243 Å². The molecule has 0 aliphatic carbocycles. The fraction of sp³-hybridized carbons (Fsp3) is 0.517. The second-order valence-corrected chi connectivity index (χ2v) is 10.2. The Morgan fingerprint density at radius 1 is 0.857 bits per heavy atom. The van der Waals surface area contributed by atoms with Crippen LogP contribution in [0.3, 0.4) is 0 Å². The molecule has 2 saturated heterocycles. The predicted octanol–water partition coefficient (Wildman–Crippen LogP) is -0.984. The molecule has 2 amide bonds. The van der Waals surface area contributed by atoms with Gasteiger partial charge in [0, 0.05) is 25.2 Å². The standard InChI is InChI=1S/C23H28N2O6.C6H12O5/c1-13-8-19(12-26)31-23(20(13)27)30-18-6-4-14(5-7-18)15-9-16(21(28)24-2)11-17(10-15)22(29)25-3;7-1-4-6(10)5(9)3(8)2-11-4/h4-7,9-11,13,19-20,23,26-27H,8,12H2,1-3H3,(H,24,28)(H,25,29);3-10H,1-2H2/t13?,19?,20?,23-;3?,4?,5?,6-/m01/s1. The van der Waals surface area contributed by atoms with E-state index in [-0.39, 0.29) is 43.7 Å². The summed E-state index contributed by atoms with van der Waals surface area (Å²) in [5.41, 5.74) is 2.24. The molecule has 0 aromatic heterocycles. The van der Waals surface area contributed by atoms with E-state index in [0.717, 1.165) is 5.56 Å². The zero-order valence-electron chi connectivity index (χ0n) is 23.7. The maximum atomic E-state index is 12.1. The Bertz CT molecular complexity index is 1140. The first kappa shape index (κ1) is 33.4. The minimum absolute atomic E-state index is 0.0521. The van der Waals surface area contributed by atoms with Crippen molar-refractivity contribution in [2.75, 3.05) is 33.9 Å². The predicted molar refractivity (Wildman–Crippen MR) is 150 cm³/mol. The molecule has 4 rings (SSSR count). The van der Waals surface area contributed by atoms with E-state index in [0.29, 0.717) is 28.9 Å². The molecular weight excluding hydrogens is 552 g/mol. The number of amides is 2.